The van der Waals surface area contributed by atoms with Gasteiger partial charge in [-0.3, -0.25) is 9.69 Å². The molecule has 1 rings (SSSR count). The quantitative estimate of drug-likeness (QED) is 0.767. The number of likely N-dealkylation sites (N-methyl/N-ethyl adjacent to an activating group) is 1. The third-order valence-electron chi connectivity index (χ3n) is 2.65. The van der Waals surface area contributed by atoms with E-state index < -0.39 is 6.10 Å². The minimum absolute atomic E-state index is 0.0868. The topological polar surface area (TPSA) is 40.5 Å². The second-order valence-corrected chi connectivity index (χ2v) is 4.19. The number of benzene rings is 1. The minimum Gasteiger partial charge on any atom is -0.392 e. The number of Topliss-reactive ketones (excluding diaryl/α,β-unsaturated/α-hetero) is 1. The van der Waals surface area contributed by atoms with Gasteiger partial charge < -0.3 is 5.11 Å². The second kappa shape index (κ2) is 5.77. The van der Waals surface area contributed by atoms with Crippen molar-refractivity contribution in [2.45, 2.75) is 26.0 Å². The van der Waals surface area contributed by atoms with Crippen molar-refractivity contribution in [3.8, 4) is 0 Å². The van der Waals surface area contributed by atoms with Crippen molar-refractivity contribution in [3.63, 3.8) is 0 Å². The first kappa shape index (κ1) is 12.9. The van der Waals surface area contributed by atoms with E-state index in [1.807, 2.05) is 49.2 Å². The molecule has 3 nitrogen and oxygen atoms in total. The Hall–Kier alpha value is -1.19. The summed E-state index contributed by atoms with van der Waals surface area (Å²) >= 11 is 0. The van der Waals surface area contributed by atoms with Crippen LogP contribution < -0.4 is 0 Å². The van der Waals surface area contributed by atoms with Gasteiger partial charge in [0.2, 0.25) is 0 Å². The number of carbonyl (C=O) groups is 1. The summed E-state index contributed by atoms with van der Waals surface area (Å²) in [6.45, 7) is 4.08. The number of aliphatic hydroxyl groups excluding tert-OH is 1. The van der Waals surface area contributed by atoms with Crippen LogP contribution >= 0.6 is 0 Å². The summed E-state index contributed by atoms with van der Waals surface area (Å²) in [6.07, 6.45) is -0.420. The molecule has 3 heteroatoms. The number of ketones is 1. The predicted molar refractivity (Wildman–Crippen MR) is 64.5 cm³/mol. The Balaban J connectivity index is 2.67. The molecule has 0 bridgehead atoms. The molecule has 1 N–H and O–H groups in total. The normalized spacial score (nSPS) is 14.8. The molecule has 0 saturated heterocycles. The van der Waals surface area contributed by atoms with Gasteiger partial charge in [-0.2, -0.15) is 0 Å². The Morgan fingerprint density at radius 2 is 1.88 bits per heavy atom. The van der Waals surface area contributed by atoms with Crippen LogP contribution in [0.1, 0.15) is 24.2 Å². The Kier molecular flexibility index (Phi) is 4.65. The molecular weight excluding hydrogens is 202 g/mol. The maximum absolute atomic E-state index is 12.0. The van der Waals surface area contributed by atoms with E-state index >= 15 is 0 Å². The van der Waals surface area contributed by atoms with E-state index in [0.717, 1.165) is 0 Å². The van der Waals surface area contributed by atoms with Crippen LogP contribution in [0.25, 0.3) is 0 Å². The first-order chi connectivity index (χ1) is 7.52. The van der Waals surface area contributed by atoms with E-state index in [0.29, 0.717) is 12.1 Å². The highest BCUT2D eigenvalue weighted by Gasteiger charge is 2.19. The van der Waals surface area contributed by atoms with Crippen LogP contribution in [-0.2, 0) is 0 Å². The van der Waals surface area contributed by atoms with Crippen LogP contribution in [0.5, 0.6) is 0 Å². The Morgan fingerprint density at radius 1 is 1.31 bits per heavy atom. The maximum atomic E-state index is 12.0. The third kappa shape index (κ3) is 3.43. The lowest BCUT2D eigenvalue weighted by atomic mass is 10.0. The van der Waals surface area contributed by atoms with Crippen molar-refractivity contribution in [1.82, 2.24) is 4.90 Å². The highest BCUT2D eigenvalue weighted by molar-refractivity contribution is 5.99. The van der Waals surface area contributed by atoms with E-state index in [4.69, 9.17) is 0 Å². The predicted octanol–water partition coefficient (Wildman–Crippen LogP) is 1.57. The van der Waals surface area contributed by atoms with E-state index in [-0.39, 0.29) is 11.8 Å². The van der Waals surface area contributed by atoms with Gasteiger partial charge in [-0.15, -0.1) is 0 Å². The average Bonchev–Trinajstić information content (AvgIpc) is 2.27. The van der Waals surface area contributed by atoms with Gasteiger partial charge >= 0.3 is 0 Å². The van der Waals surface area contributed by atoms with Gasteiger partial charge in [0, 0.05) is 12.1 Å². The summed E-state index contributed by atoms with van der Waals surface area (Å²) in [4.78, 5) is 13.9. The van der Waals surface area contributed by atoms with E-state index in [9.17, 15) is 9.90 Å². The molecule has 2 unspecified atom stereocenters. The second-order valence-electron chi connectivity index (χ2n) is 4.19. The lowest BCUT2D eigenvalue weighted by Gasteiger charge is -2.24. The molecular formula is C13H19NO2. The van der Waals surface area contributed by atoms with Crippen molar-refractivity contribution in [3.05, 3.63) is 35.9 Å². The van der Waals surface area contributed by atoms with Crippen LogP contribution in [0.3, 0.4) is 0 Å². The summed E-state index contributed by atoms with van der Waals surface area (Å²) in [5, 5.41) is 9.27. The van der Waals surface area contributed by atoms with E-state index in [1.165, 1.54) is 0 Å². The number of hydrogen-bond donors (Lipinski definition) is 1. The minimum atomic E-state index is -0.420. The SMILES string of the molecule is CC(O)CN(C)C(C)C(=O)c1ccccc1. The monoisotopic (exact) mass is 221 g/mol. The molecule has 0 aromatic heterocycles. The van der Waals surface area contributed by atoms with Crippen molar-refractivity contribution >= 4 is 5.78 Å². The summed E-state index contributed by atoms with van der Waals surface area (Å²) in [6, 6.07) is 9.02. The van der Waals surface area contributed by atoms with Crippen molar-refractivity contribution < 1.29 is 9.90 Å². The molecule has 0 aliphatic carbocycles. The summed E-state index contributed by atoms with van der Waals surface area (Å²) < 4.78 is 0. The molecule has 0 heterocycles. The fourth-order valence-corrected chi connectivity index (χ4v) is 1.62. The zero-order valence-corrected chi connectivity index (χ0v) is 10.1. The van der Waals surface area contributed by atoms with Gasteiger partial charge in [-0.1, -0.05) is 30.3 Å². The van der Waals surface area contributed by atoms with Gasteiger partial charge in [0.15, 0.2) is 5.78 Å². The third-order valence-corrected chi connectivity index (χ3v) is 2.65. The number of nitrogens with zero attached hydrogens (tertiary/aromatic N) is 1. The van der Waals surface area contributed by atoms with Crippen molar-refractivity contribution in [2.24, 2.45) is 0 Å². The zero-order valence-electron chi connectivity index (χ0n) is 10.1. The lowest BCUT2D eigenvalue weighted by molar-refractivity contribution is 0.0788. The van der Waals surface area contributed by atoms with Crippen LogP contribution in [0, 0.1) is 0 Å². The van der Waals surface area contributed by atoms with Gasteiger partial charge in [-0.05, 0) is 20.9 Å². The van der Waals surface area contributed by atoms with Gasteiger partial charge in [0.1, 0.15) is 0 Å². The fourth-order valence-electron chi connectivity index (χ4n) is 1.62. The van der Waals surface area contributed by atoms with Crippen molar-refractivity contribution in [1.29, 1.82) is 0 Å². The molecule has 1 aromatic carbocycles. The molecule has 0 aliphatic heterocycles. The van der Waals surface area contributed by atoms with Crippen LogP contribution in [0.4, 0.5) is 0 Å². The molecule has 0 spiro atoms. The number of rotatable bonds is 5. The molecule has 0 fully saturated rings. The molecule has 16 heavy (non-hydrogen) atoms. The van der Waals surface area contributed by atoms with Crippen molar-refractivity contribution in [2.75, 3.05) is 13.6 Å². The summed E-state index contributed by atoms with van der Waals surface area (Å²) in [5.74, 6) is 0.0868. The zero-order chi connectivity index (χ0) is 12.1. The summed E-state index contributed by atoms with van der Waals surface area (Å²) in [7, 11) is 1.85. The molecule has 0 radical (unpaired) electrons. The van der Waals surface area contributed by atoms with Gasteiger partial charge in [-0.25, -0.2) is 0 Å². The standard InChI is InChI=1S/C13H19NO2/c1-10(15)9-14(3)11(2)13(16)12-7-5-4-6-8-12/h4-8,10-11,15H,9H2,1-3H3. The van der Waals surface area contributed by atoms with Crippen LogP contribution in [0.15, 0.2) is 30.3 Å². The largest absolute Gasteiger partial charge is 0.392 e. The Bertz CT molecular complexity index is 335. The fraction of sp³-hybridized carbons (Fsp3) is 0.462. The molecule has 0 saturated carbocycles. The Morgan fingerprint density at radius 3 is 2.38 bits per heavy atom. The van der Waals surface area contributed by atoms with Gasteiger partial charge in [0.05, 0.1) is 12.1 Å². The maximum Gasteiger partial charge on any atom is 0.179 e. The van der Waals surface area contributed by atoms with Crippen LogP contribution in [-0.4, -0.2) is 41.5 Å². The highest BCUT2D eigenvalue weighted by atomic mass is 16.3. The first-order valence-electron chi connectivity index (χ1n) is 5.50. The smallest absolute Gasteiger partial charge is 0.179 e. The molecule has 0 aliphatic rings. The Labute approximate surface area is 96.7 Å². The molecule has 0 amide bonds. The first-order valence-corrected chi connectivity index (χ1v) is 5.50. The number of hydrogen-bond acceptors (Lipinski definition) is 3. The molecule has 88 valence electrons. The lowest BCUT2D eigenvalue weighted by Crippen LogP contribution is -2.39. The highest BCUT2D eigenvalue weighted by Crippen LogP contribution is 2.08. The summed E-state index contributed by atoms with van der Waals surface area (Å²) in [5.41, 5.74) is 0.715. The molecule has 2 atom stereocenters. The van der Waals surface area contributed by atoms with E-state index in [2.05, 4.69) is 0 Å². The average molecular weight is 221 g/mol. The molecule has 1 aromatic rings. The van der Waals surface area contributed by atoms with E-state index in [1.54, 1.807) is 6.92 Å². The van der Waals surface area contributed by atoms with Gasteiger partial charge in [0.25, 0.3) is 0 Å². The van der Waals surface area contributed by atoms with Crippen LogP contribution in [0.2, 0.25) is 0 Å². The number of aliphatic hydroxyl groups is 1. The number of carbonyl (C=O) groups excluding carboxylic acids is 1.